The van der Waals surface area contributed by atoms with Crippen LogP contribution < -0.4 is 4.74 Å². The van der Waals surface area contributed by atoms with E-state index in [9.17, 15) is 21.6 Å². The maximum Gasteiger partial charge on any atom is 0.416 e. The summed E-state index contributed by atoms with van der Waals surface area (Å²) in [6, 6.07) is 7.43. The van der Waals surface area contributed by atoms with Crippen molar-refractivity contribution in [2.75, 3.05) is 26.2 Å². The van der Waals surface area contributed by atoms with Gasteiger partial charge in [-0.2, -0.15) is 17.5 Å². The van der Waals surface area contributed by atoms with E-state index in [1.165, 1.54) is 10.4 Å². The van der Waals surface area contributed by atoms with Crippen LogP contribution in [-0.2, 0) is 16.2 Å². The molecule has 2 saturated heterocycles. The molecule has 162 valence electrons. The number of nitrogens with zero attached hydrogens (tertiary/aromatic N) is 3. The van der Waals surface area contributed by atoms with E-state index < -0.39 is 21.8 Å². The Kier molecular flexibility index (Phi) is 5.82. The predicted octanol–water partition coefficient (Wildman–Crippen LogP) is 3.39. The molecule has 0 saturated carbocycles. The van der Waals surface area contributed by atoms with Crippen LogP contribution in [0.1, 0.15) is 12.0 Å². The number of rotatable bonds is 4. The summed E-state index contributed by atoms with van der Waals surface area (Å²) in [5, 5.41) is 0. The largest absolute Gasteiger partial charge is 0.487 e. The molecular weight excluding hydrogens is 487 g/mol. The van der Waals surface area contributed by atoms with E-state index in [-0.39, 0.29) is 30.1 Å². The summed E-state index contributed by atoms with van der Waals surface area (Å²) in [7, 11) is -4.01. The molecule has 6 nitrogen and oxygen atoms in total. The Labute approximate surface area is 180 Å². The molecular formula is C19H19BrF3N3O3S. The first-order chi connectivity index (χ1) is 14.1. The van der Waals surface area contributed by atoms with Crippen molar-refractivity contribution in [3.05, 3.63) is 52.8 Å². The number of piperazine rings is 1. The molecule has 1 aromatic heterocycles. The van der Waals surface area contributed by atoms with Gasteiger partial charge in [-0.15, -0.1) is 0 Å². The average Bonchev–Trinajstić information content (AvgIpc) is 3.10. The number of halogens is 4. The normalized spacial score (nSPS) is 23.3. The van der Waals surface area contributed by atoms with E-state index in [4.69, 9.17) is 4.74 Å². The Morgan fingerprint density at radius 2 is 1.93 bits per heavy atom. The molecule has 3 heterocycles. The molecule has 0 radical (unpaired) electrons. The van der Waals surface area contributed by atoms with Crippen LogP contribution in [0.3, 0.4) is 0 Å². The minimum atomic E-state index is -4.60. The first-order valence-corrected chi connectivity index (χ1v) is 11.6. The number of fused-ring (bicyclic) bond motifs is 1. The Bertz CT molecular complexity index is 1020. The first-order valence-electron chi connectivity index (χ1n) is 9.32. The van der Waals surface area contributed by atoms with E-state index in [0.717, 1.165) is 12.1 Å². The maximum atomic E-state index is 13.0. The van der Waals surface area contributed by atoms with Crippen molar-refractivity contribution in [2.45, 2.75) is 29.6 Å². The zero-order valence-electron chi connectivity index (χ0n) is 15.7. The second-order valence-corrected chi connectivity index (χ2v) is 10.1. The van der Waals surface area contributed by atoms with Gasteiger partial charge in [-0.3, -0.25) is 4.90 Å². The molecule has 4 rings (SSSR count). The number of hydrogen-bond donors (Lipinski definition) is 0. The molecule has 0 spiro atoms. The monoisotopic (exact) mass is 505 g/mol. The molecule has 11 heteroatoms. The predicted molar refractivity (Wildman–Crippen MR) is 107 cm³/mol. The third-order valence-electron chi connectivity index (χ3n) is 5.34. The number of ether oxygens (including phenoxy) is 1. The maximum absolute atomic E-state index is 13.0. The van der Waals surface area contributed by atoms with Crippen molar-refractivity contribution in [1.82, 2.24) is 14.2 Å². The van der Waals surface area contributed by atoms with Gasteiger partial charge in [-0.05, 0) is 46.3 Å². The van der Waals surface area contributed by atoms with Crippen molar-refractivity contribution >= 4 is 26.0 Å². The van der Waals surface area contributed by atoms with Gasteiger partial charge in [0.15, 0.2) is 0 Å². The van der Waals surface area contributed by atoms with E-state index in [0.29, 0.717) is 35.9 Å². The van der Waals surface area contributed by atoms with Gasteiger partial charge in [-0.1, -0.05) is 6.07 Å². The van der Waals surface area contributed by atoms with Crippen molar-refractivity contribution < 1.29 is 26.3 Å². The van der Waals surface area contributed by atoms with Gasteiger partial charge in [0.1, 0.15) is 16.5 Å². The number of pyridine rings is 1. The van der Waals surface area contributed by atoms with Crippen LogP contribution in [0, 0.1) is 0 Å². The zero-order valence-corrected chi connectivity index (χ0v) is 18.1. The molecule has 0 N–H and O–H groups in total. The van der Waals surface area contributed by atoms with Crippen molar-refractivity contribution in [1.29, 1.82) is 0 Å². The Balaban J connectivity index is 1.45. The highest BCUT2D eigenvalue weighted by atomic mass is 79.9. The summed E-state index contributed by atoms with van der Waals surface area (Å²) in [6.07, 6.45) is -2.45. The minimum absolute atomic E-state index is 0.0484. The van der Waals surface area contributed by atoms with Crippen LogP contribution in [0.4, 0.5) is 13.2 Å². The summed E-state index contributed by atoms with van der Waals surface area (Å²) < 4.78 is 72.8. The fourth-order valence-electron chi connectivity index (χ4n) is 3.88. The van der Waals surface area contributed by atoms with Crippen LogP contribution >= 0.6 is 15.9 Å². The van der Waals surface area contributed by atoms with Crippen LogP contribution in [0.15, 0.2) is 52.1 Å². The molecule has 2 atom stereocenters. The Morgan fingerprint density at radius 3 is 2.63 bits per heavy atom. The molecule has 30 heavy (non-hydrogen) atoms. The molecule has 2 aliphatic rings. The highest BCUT2D eigenvalue weighted by molar-refractivity contribution is 9.10. The fraction of sp³-hybridized carbons (Fsp3) is 0.421. The van der Waals surface area contributed by atoms with Gasteiger partial charge < -0.3 is 4.74 Å². The van der Waals surface area contributed by atoms with Crippen LogP contribution in [-0.4, -0.2) is 60.9 Å². The first kappa shape index (κ1) is 21.5. The number of sulfonamides is 1. The lowest BCUT2D eigenvalue weighted by Crippen LogP contribution is -2.51. The summed E-state index contributed by atoms with van der Waals surface area (Å²) in [5.41, 5.74) is -0.973. The lowest BCUT2D eigenvalue weighted by atomic mass is 10.2. The van der Waals surface area contributed by atoms with Crippen LogP contribution in [0.25, 0.3) is 0 Å². The van der Waals surface area contributed by atoms with Gasteiger partial charge in [-0.25, -0.2) is 13.4 Å². The van der Waals surface area contributed by atoms with Gasteiger partial charge in [0.05, 0.1) is 16.7 Å². The van der Waals surface area contributed by atoms with Gasteiger partial charge >= 0.3 is 6.18 Å². The average molecular weight is 506 g/mol. The molecule has 0 aliphatic carbocycles. The van der Waals surface area contributed by atoms with E-state index >= 15 is 0 Å². The lowest BCUT2D eigenvalue weighted by Gasteiger charge is -2.36. The van der Waals surface area contributed by atoms with Crippen molar-refractivity contribution in [2.24, 2.45) is 0 Å². The van der Waals surface area contributed by atoms with Crippen LogP contribution in [0.2, 0.25) is 0 Å². The molecule has 2 fully saturated rings. The van der Waals surface area contributed by atoms with Crippen molar-refractivity contribution in [3.8, 4) is 5.75 Å². The standard InChI is InChI=1S/C19H19BrF3N3O3S/c20-18-5-4-15(10-24-18)29-16-9-14-11-26(7-6-25(14)12-16)30(27,28)17-3-1-2-13(8-17)19(21,22)23/h1-5,8,10,14,16H,6-7,9,11-12H2/t14-,16+/m0/s1. The topological polar surface area (TPSA) is 62.7 Å². The Morgan fingerprint density at radius 1 is 1.13 bits per heavy atom. The molecule has 0 unspecified atom stereocenters. The van der Waals surface area contributed by atoms with E-state index in [1.54, 1.807) is 18.3 Å². The number of alkyl halides is 3. The third-order valence-corrected chi connectivity index (χ3v) is 7.67. The van der Waals surface area contributed by atoms with Crippen LogP contribution in [0.5, 0.6) is 5.75 Å². The summed E-state index contributed by atoms with van der Waals surface area (Å²) in [5.74, 6) is 0.636. The van der Waals surface area contributed by atoms with E-state index in [2.05, 4.69) is 25.8 Å². The van der Waals surface area contributed by atoms with Gasteiger partial charge in [0, 0.05) is 38.6 Å². The molecule has 0 amide bonds. The quantitative estimate of drug-likeness (QED) is 0.596. The molecule has 2 aromatic rings. The summed E-state index contributed by atoms with van der Waals surface area (Å²) in [4.78, 5) is 5.95. The highest BCUT2D eigenvalue weighted by Crippen LogP contribution is 2.32. The molecule has 1 aromatic carbocycles. The number of hydrogen-bond acceptors (Lipinski definition) is 5. The lowest BCUT2D eigenvalue weighted by molar-refractivity contribution is -0.137. The summed E-state index contributed by atoms with van der Waals surface area (Å²) in [6.45, 7) is 1.61. The van der Waals surface area contributed by atoms with Gasteiger partial charge in [0.2, 0.25) is 10.0 Å². The second kappa shape index (κ2) is 8.10. The summed E-state index contributed by atoms with van der Waals surface area (Å²) >= 11 is 3.27. The van der Waals surface area contributed by atoms with Gasteiger partial charge in [0.25, 0.3) is 0 Å². The van der Waals surface area contributed by atoms with E-state index in [1.807, 2.05) is 0 Å². The van der Waals surface area contributed by atoms with Crippen molar-refractivity contribution in [3.63, 3.8) is 0 Å². The SMILES string of the molecule is O=S(=O)(c1cccc(C(F)(F)F)c1)N1CCN2C[C@H](Oc3ccc(Br)nc3)C[C@H]2C1. The zero-order chi connectivity index (χ0) is 21.5. The molecule has 0 bridgehead atoms. The highest BCUT2D eigenvalue weighted by Gasteiger charge is 2.41. The number of aromatic nitrogens is 1. The smallest absolute Gasteiger partial charge is 0.416 e. The third kappa shape index (κ3) is 4.48. The second-order valence-electron chi connectivity index (χ2n) is 7.33. The fourth-order valence-corrected chi connectivity index (χ4v) is 5.63. The minimum Gasteiger partial charge on any atom is -0.487 e. The molecule has 2 aliphatic heterocycles. The Hall–Kier alpha value is -1.69. The number of benzene rings is 1.